The van der Waals surface area contributed by atoms with Gasteiger partial charge in [0.15, 0.2) is 16.7 Å². The summed E-state index contributed by atoms with van der Waals surface area (Å²) in [6.07, 6.45) is 0. The normalized spacial score (nSPS) is 12.9. The molecule has 1 amide bonds. The molecule has 0 fully saturated rings. The minimum absolute atomic E-state index is 0.130. The molecule has 0 saturated carbocycles. The highest BCUT2D eigenvalue weighted by Crippen LogP contribution is 2.33. The van der Waals surface area contributed by atoms with Gasteiger partial charge in [0.2, 0.25) is 5.91 Å². The molecule has 1 aliphatic rings. The molecule has 1 aromatic heterocycles. The maximum atomic E-state index is 12.5. The summed E-state index contributed by atoms with van der Waals surface area (Å²) < 4.78 is 18.3. The fourth-order valence-corrected chi connectivity index (χ4v) is 4.05. The first-order valence-corrected chi connectivity index (χ1v) is 10.5. The Kier molecular flexibility index (Phi) is 6.13. The van der Waals surface area contributed by atoms with Crippen molar-refractivity contribution in [1.29, 1.82) is 0 Å². The fraction of sp³-hybridized carbons (Fsp3) is 0.300. The molecule has 9 heteroatoms. The fourth-order valence-electron chi connectivity index (χ4n) is 3.04. The van der Waals surface area contributed by atoms with Gasteiger partial charge in [0, 0.05) is 30.4 Å². The summed E-state index contributed by atoms with van der Waals surface area (Å²) in [5.74, 6) is 1.42. The Morgan fingerprint density at radius 2 is 2.07 bits per heavy atom. The Bertz CT molecular complexity index is 1040. The Morgan fingerprint density at radius 3 is 2.90 bits per heavy atom. The number of hydrogen-bond acceptors (Lipinski definition) is 6. The first kappa shape index (κ1) is 19.9. The zero-order valence-electron chi connectivity index (χ0n) is 15.8. The van der Waals surface area contributed by atoms with Gasteiger partial charge in [-0.05, 0) is 30.3 Å². The molecule has 7 nitrogen and oxygen atoms in total. The van der Waals surface area contributed by atoms with Gasteiger partial charge in [-0.3, -0.25) is 4.79 Å². The van der Waals surface area contributed by atoms with E-state index in [2.05, 4.69) is 10.3 Å². The molecular formula is C20H20ClN3O4S. The van der Waals surface area contributed by atoms with Gasteiger partial charge in [-0.2, -0.15) is 0 Å². The number of halogens is 1. The number of hydrogen-bond donors (Lipinski definition) is 1. The van der Waals surface area contributed by atoms with E-state index in [1.807, 2.05) is 22.8 Å². The smallest absolute Gasteiger partial charge is 0.234 e. The van der Waals surface area contributed by atoms with E-state index >= 15 is 0 Å². The standard InChI is InChI=1S/C20H20ClN3O4S/c1-26-7-6-24-16-4-2-13(21)10-15(16)23-20(24)29-12-19(25)22-14-3-5-17-18(11-14)28-9-8-27-17/h2-5,10-11H,6-9,12H2,1H3,(H,22,25). The van der Waals surface area contributed by atoms with Crippen LogP contribution < -0.4 is 14.8 Å². The second-order valence-corrected chi connectivity index (χ2v) is 7.75. The molecule has 4 rings (SSSR count). The highest BCUT2D eigenvalue weighted by molar-refractivity contribution is 7.99. The molecule has 0 saturated heterocycles. The van der Waals surface area contributed by atoms with Crippen LogP contribution >= 0.6 is 23.4 Å². The first-order valence-electron chi connectivity index (χ1n) is 9.11. The SMILES string of the molecule is COCCn1c(SCC(=O)Nc2ccc3c(c2)OCCO3)nc2cc(Cl)ccc21. The Morgan fingerprint density at radius 1 is 1.24 bits per heavy atom. The lowest BCUT2D eigenvalue weighted by atomic mass is 10.2. The molecule has 2 heterocycles. The number of carbonyl (C=O) groups is 1. The number of fused-ring (bicyclic) bond motifs is 2. The van der Waals surface area contributed by atoms with Crippen LogP contribution in [0.25, 0.3) is 11.0 Å². The van der Waals surface area contributed by atoms with Crippen molar-refractivity contribution in [2.75, 3.05) is 38.0 Å². The maximum absolute atomic E-state index is 12.5. The second-order valence-electron chi connectivity index (χ2n) is 6.37. The number of amides is 1. The van der Waals surface area contributed by atoms with Gasteiger partial charge in [0.1, 0.15) is 13.2 Å². The topological polar surface area (TPSA) is 74.6 Å². The van der Waals surface area contributed by atoms with Gasteiger partial charge in [-0.25, -0.2) is 4.98 Å². The van der Waals surface area contributed by atoms with E-state index in [-0.39, 0.29) is 11.7 Å². The van der Waals surface area contributed by atoms with Crippen LogP contribution in [-0.2, 0) is 16.1 Å². The lowest BCUT2D eigenvalue weighted by Gasteiger charge is -2.19. The molecule has 0 atom stereocenters. The Hall–Kier alpha value is -2.42. The van der Waals surface area contributed by atoms with Crippen LogP contribution in [0.15, 0.2) is 41.6 Å². The zero-order chi connectivity index (χ0) is 20.2. The summed E-state index contributed by atoms with van der Waals surface area (Å²) in [5, 5.41) is 4.26. The molecule has 152 valence electrons. The van der Waals surface area contributed by atoms with Crippen molar-refractivity contribution in [2.24, 2.45) is 0 Å². The summed E-state index contributed by atoms with van der Waals surface area (Å²) in [7, 11) is 1.66. The summed E-state index contributed by atoms with van der Waals surface area (Å²) in [6.45, 7) is 2.22. The van der Waals surface area contributed by atoms with E-state index < -0.39 is 0 Å². The molecule has 0 aliphatic carbocycles. The van der Waals surface area contributed by atoms with E-state index in [0.717, 1.165) is 16.2 Å². The third-order valence-corrected chi connectivity index (χ3v) is 5.56. The largest absolute Gasteiger partial charge is 0.486 e. The number of imidazole rings is 1. The summed E-state index contributed by atoms with van der Waals surface area (Å²) in [4.78, 5) is 17.1. The number of methoxy groups -OCH3 is 1. The van der Waals surface area contributed by atoms with Crippen LogP contribution in [0.3, 0.4) is 0 Å². The van der Waals surface area contributed by atoms with Crippen molar-refractivity contribution in [1.82, 2.24) is 9.55 Å². The monoisotopic (exact) mass is 433 g/mol. The molecule has 0 radical (unpaired) electrons. The first-order chi connectivity index (χ1) is 14.1. The number of nitrogens with one attached hydrogen (secondary N) is 1. The summed E-state index contributed by atoms with van der Waals surface area (Å²) >= 11 is 7.46. The quantitative estimate of drug-likeness (QED) is 0.570. The number of benzene rings is 2. The van der Waals surface area contributed by atoms with Crippen LogP contribution in [0.2, 0.25) is 5.02 Å². The van der Waals surface area contributed by atoms with E-state index in [1.54, 1.807) is 25.3 Å². The van der Waals surface area contributed by atoms with Gasteiger partial charge in [-0.1, -0.05) is 23.4 Å². The average Bonchev–Trinajstić information content (AvgIpc) is 3.07. The van der Waals surface area contributed by atoms with E-state index in [9.17, 15) is 4.79 Å². The van der Waals surface area contributed by atoms with Gasteiger partial charge in [0.25, 0.3) is 0 Å². The van der Waals surface area contributed by atoms with Crippen LogP contribution in [-0.4, -0.2) is 48.1 Å². The Labute approximate surface area is 177 Å². The number of carbonyl (C=O) groups excluding carboxylic acids is 1. The van der Waals surface area contributed by atoms with Crippen molar-refractivity contribution in [3.63, 3.8) is 0 Å². The number of aromatic nitrogens is 2. The zero-order valence-corrected chi connectivity index (χ0v) is 17.4. The number of nitrogens with zero attached hydrogens (tertiary/aromatic N) is 2. The lowest BCUT2D eigenvalue weighted by molar-refractivity contribution is -0.113. The third-order valence-electron chi connectivity index (χ3n) is 4.35. The molecule has 1 N–H and O–H groups in total. The molecule has 1 aliphatic heterocycles. The molecule has 3 aromatic rings. The van der Waals surface area contributed by atoms with Gasteiger partial charge in [0.05, 0.1) is 23.4 Å². The lowest BCUT2D eigenvalue weighted by Crippen LogP contribution is -2.17. The van der Waals surface area contributed by atoms with Crippen molar-refractivity contribution >= 4 is 46.0 Å². The predicted molar refractivity (Wildman–Crippen MR) is 113 cm³/mol. The number of thioether (sulfide) groups is 1. The van der Waals surface area contributed by atoms with Crippen molar-refractivity contribution in [2.45, 2.75) is 11.7 Å². The van der Waals surface area contributed by atoms with E-state index in [0.29, 0.717) is 48.6 Å². The molecule has 29 heavy (non-hydrogen) atoms. The third kappa shape index (κ3) is 4.60. The van der Waals surface area contributed by atoms with Gasteiger partial charge in [-0.15, -0.1) is 0 Å². The number of ether oxygens (including phenoxy) is 3. The minimum atomic E-state index is -0.130. The van der Waals surface area contributed by atoms with Crippen molar-refractivity contribution in [3.8, 4) is 11.5 Å². The predicted octanol–water partition coefficient (Wildman–Crippen LogP) is 3.84. The average molecular weight is 434 g/mol. The second kappa shape index (κ2) is 8.94. The molecule has 2 aromatic carbocycles. The molecular weight excluding hydrogens is 414 g/mol. The molecule has 0 spiro atoms. The maximum Gasteiger partial charge on any atom is 0.234 e. The summed E-state index contributed by atoms with van der Waals surface area (Å²) in [6, 6.07) is 10.9. The van der Waals surface area contributed by atoms with Crippen molar-refractivity contribution in [3.05, 3.63) is 41.4 Å². The van der Waals surface area contributed by atoms with Crippen LogP contribution in [0.1, 0.15) is 0 Å². The van der Waals surface area contributed by atoms with Gasteiger partial charge >= 0.3 is 0 Å². The van der Waals surface area contributed by atoms with E-state index in [1.165, 1.54) is 11.8 Å². The number of anilines is 1. The highest BCUT2D eigenvalue weighted by Gasteiger charge is 2.15. The van der Waals surface area contributed by atoms with Crippen LogP contribution in [0, 0.1) is 0 Å². The van der Waals surface area contributed by atoms with E-state index in [4.69, 9.17) is 25.8 Å². The van der Waals surface area contributed by atoms with Crippen molar-refractivity contribution < 1.29 is 19.0 Å². The molecule has 0 bridgehead atoms. The van der Waals surface area contributed by atoms with Gasteiger partial charge < -0.3 is 24.1 Å². The molecule has 0 unspecified atom stereocenters. The summed E-state index contributed by atoms with van der Waals surface area (Å²) in [5.41, 5.74) is 2.42. The minimum Gasteiger partial charge on any atom is -0.486 e. The Balaban J connectivity index is 1.45. The van der Waals surface area contributed by atoms with Crippen LogP contribution in [0.4, 0.5) is 5.69 Å². The van der Waals surface area contributed by atoms with Crippen LogP contribution in [0.5, 0.6) is 11.5 Å². The number of rotatable bonds is 7. The highest BCUT2D eigenvalue weighted by atomic mass is 35.5.